The van der Waals surface area contributed by atoms with Crippen molar-refractivity contribution < 1.29 is 0 Å². The van der Waals surface area contributed by atoms with Crippen molar-refractivity contribution in [2.75, 3.05) is 6.54 Å². The molecule has 1 heterocycles. The van der Waals surface area contributed by atoms with Crippen LogP contribution in [0.25, 0.3) is 0 Å². The molecule has 5 fully saturated rings. The average molecular weight is 191 g/mol. The minimum absolute atomic E-state index is 0.785. The summed E-state index contributed by atoms with van der Waals surface area (Å²) in [5.41, 5.74) is 0.785. The molecule has 14 heavy (non-hydrogen) atoms. The number of hydrogen-bond donors (Lipinski definition) is 1. The Morgan fingerprint density at radius 2 is 1.79 bits per heavy atom. The third-order valence-electron chi connectivity index (χ3n) is 5.68. The highest BCUT2D eigenvalue weighted by atomic mass is 15.0. The molecule has 0 aromatic heterocycles. The summed E-state index contributed by atoms with van der Waals surface area (Å²) in [6, 6.07) is 0.934. The van der Waals surface area contributed by atoms with Crippen LogP contribution in [0, 0.1) is 23.2 Å². The van der Waals surface area contributed by atoms with E-state index in [1.807, 2.05) is 0 Å². The van der Waals surface area contributed by atoms with Crippen molar-refractivity contribution in [1.82, 2.24) is 5.32 Å². The van der Waals surface area contributed by atoms with Gasteiger partial charge in [0.2, 0.25) is 0 Å². The van der Waals surface area contributed by atoms with Crippen LogP contribution in [0.2, 0.25) is 0 Å². The molecule has 5 rings (SSSR count). The Morgan fingerprint density at radius 3 is 2.57 bits per heavy atom. The summed E-state index contributed by atoms with van der Waals surface area (Å²) < 4.78 is 0. The summed E-state index contributed by atoms with van der Waals surface area (Å²) in [4.78, 5) is 0. The lowest BCUT2D eigenvalue weighted by atomic mass is 9.45. The van der Waals surface area contributed by atoms with E-state index >= 15 is 0 Å². The highest BCUT2D eigenvalue weighted by Crippen LogP contribution is 2.62. The van der Waals surface area contributed by atoms with Crippen LogP contribution in [0.15, 0.2) is 0 Å². The fourth-order valence-corrected chi connectivity index (χ4v) is 5.65. The lowest BCUT2D eigenvalue weighted by Gasteiger charge is -2.63. The molecule has 0 aromatic rings. The SMILES string of the molecule is C1CNC2C3CC4CC(C3)CC2(C1)C4. The molecule has 4 bridgehead atoms. The van der Waals surface area contributed by atoms with Gasteiger partial charge in [0.25, 0.3) is 0 Å². The number of nitrogens with one attached hydrogen (secondary N) is 1. The fraction of sp³-hybridized carbons (Fsp3) is 1.00. The Kier molecular flexibility index (Phi) is 1.49. The van der Waals surface area contributed by atoms with Crippen LogP contribution >= 0.6 is 0 Å². The Balaban J connectivity index is 1.75. The predicted octanol–water partition coefficient (Wildman–Crippen LogP) is 2.56. The Morgan fingerprint density at radius 1 is 1.00 bits per heavy atom. The Labute approximate surface area is 86.6 Å². The van der Waals surface area contributed by atoms with Gasteiger partial charge in [0.1, 0.15) is 0 Å². The maximum absolute atomic E-state index is 3.85. The second-order valence-electron chi connectivity index (χ2n) is 6.51. The minimum atomic E-state index is 0.785. The molecule has 0 radical (unpaired) electrons. The molecule has 1 saturated heterocycles. The van der Waals surface area contributed by atoms with Gasteiger partial charge >= 0.3 is 0 Å². The molecule has 3 atom stereocenters. The van der Waals surface area contributed by atoms with Gasteiger partial charge in [-0.2, -0.15) is 0 Å². The average Bonchev–Trinajstić information content (AvgIpc) is 2.15. The largest absolute Gasteiger partial charge is 0.313 e. The summed E-state index contributed by atoms with van der Waals surface area (Å²) in [5.74, 6) is 3.33. The molecule has 4 aliphatic carbocycles. The Bertz CT molecular complexity index is 246. The van der Waals surface area contributed by atoms with Crippen molar-refractivity contribution in [3.63, 3.8) is 0 Å². The van der Waals surface area contributed by atoms with Gasteiger partial charge in [-0.05, 0) is 74.7 Å². The molecule has 78 valence electrons. The van der Waals surface area contributed by atoms with E-state index in [0.29, 0.717) is 0 Å². The van der Waals surface area contributed by atoms with Crippen LogP contribution in [-0.2, 0) is 0 Å². The molecule has 1 nitrogen and oxygen atoms in total. The smallest absolute Gasteiger partial charge is 0.0152 e. The van der Waals surface area contributed by atoms with Crippen molar-refractivity contribution in [2.45, 2.75) is 51.0 Å². The maximum Gasteiger partial charge on any atom is 0.0152 e. The molecule has 1 heteroatoms. The molecular formula is C13H21N. The highest BCUT2D eigenvalue weighted by Gasteiger charge is 2.57. The van der Waals surface area contributed by atoms with Crippen molar-refractivity contribution >= 4 is 0 Å². The maximum atomic E-state index is 3.85. The highest BCUT2D eigenvalue weighted by molar-refractivity contribution is 5.10. The van der Waals surface area contributed by atoms with E-state index in [-0.39, 0.29) is 0 Å². The van der Waals surface area contributed by atoms with Crippen LogP contribution < -0.4 is 5.32 Å². The summed E-state index contributed by atoms with van der Waals surface area (Å²) in [7, 11) is 0. The van der Waals surface area contributed by atoms with Gasteiger partial charge in [0, 0.05) is 6.04 Å². The minimum Gasteiger partial charge on any atom is -0.313 e. The number of piperidine rings is 1. The third kappa shape index (κ3) is 0.900. The first-order chi connectivity index (χ1) is 6.86. The molecule has 0 amide bonds. The normalized spacial score (nSPS) is 60.0. The first kappa shape index (κ1) is 8.15. The summed E-state index contributed by atoms with van der Waals surface area (Å²) >= 11 is 0. The molecule has 1 N–H and O–H groups in total. The van der Waals surface area contributed by atoms with E-state index in [9.17, 15) is 0 Å². The van der Waals surface area contributed by atoms with E-state index < -0.39 is 0 Å². The van der Waals surface area contributed by atoms with Gasteiger partial charge in [-0.25, -0.2) is 0 Å². The number of rotatable bonds is 0. The zero-order valence-electron chi connectivity index (χ0n) is 8.97. The van der Waals surface area contributed by atoms with E-state index in [2.05, 4.69) is 5.32 Å². The van der Waals surface area contributed by atoms with Gasteiger partial charge in [0.15, 0.2) is 0 Å². The predicted molar refractivity (Wildman–Crippen MR) is 57.0 cm³/mol. The van der Waals surface area contributed by atoms with Gasteiger partial charge in [-0.1, -0.05) is 0 Å². The molecule has 1 aliphatic heterocycles. The van der Waals surface area contributed by atoms with Gasteiger partial charge in [0.05, 0.1) is 0 Å². The zero-order chi connectivity index (χ0) is 9.17. The molecule has 4 saturated carbocycles. The van der Waals surface area contributed by atoms with Crippen LogP contribution in [-0.4, -0.2) is 12.6 Å². The molecular weight excluding hydrogens is 170 g/mol. The first-order valence-corrected chi connectivity index (χ1v) is 6.59. The van der Waals surface area contributed by atoms with E-state index in [1.165, 1.54) is 13.0 Å². The van der Waals surface area contributed by atoms with Crippen molar-refractivity contribution in [3.8, 4) is 0 Å². The van der Waals surface area contributed by atoms with Gasteiger partial charge < -0.3 is 5.32 Å². The number of hydrogen-bond acceptors (Lipinski definition) is 1. The molecule has 3 unspecified atom stereocenters. The third-order valence-corrected chi connectivity index (χ3v) is 5.68. The van der Waals surface area contributed by atoms with Crippen molar-refractivity contribution in [3.05, 3.63) is 0 Å². The van der Waals surface area contributed by atoms with Crippen LogP contribution in [0.4, 0.5) is 0 Å². The zero-order valence-corrected chi connectivity index (χ0v) is 8.97. The molecule has 1 spiro atoms. The molecule has 0 aromatic carbocycles. The van der Waals surface area contributed by atoms with Crippen molar-refractivity contribution in [2.24, 2.45) is 23.2 Å². The van der Waals surface area contributed by atoms with Crippen molar-refractivity contribution in [1.29, 1.82) is 0 Å². The topological polar surface area (TPSA) is 12.0 Å². The Hall–Kier alpha value is -0.0400. The lowest BCUT2D eigenvalue weighted by molar-refractivity contribution is -0.101. The summed E-state index contributed by atoms with van der Waals surface area (Å²) in [6.45, 7) is 1.30. The quantitative estimate of drug-likeness (QED) is 0.620. The molecule has 5 aliphatic rings. The standard InChI is InChI=1S/C13H21N/c1-2-13-7-9-4-10(8-13)6-11(5-9)12(13)14-3-1/h9-12,14H,1-8H2. The monoisotopic (exact) mass is 191 g/mol. The van der Waals surface area contributed by atoms with Gasteiger partial charge in [-0.15, -0.1) is 0 Å². The fourth-order valence-electron chi connectivity index (χ4n) is 5.65. The van der Waals surface area contributed by atoms with Crippen LogP contribution in [0.1, 0.15) is 44.9 Å². The second-order valence-corrected chi connectivity index (χ2v) is 6.51. The first-order valence-electron chi connectivity index (χ1n) is 6.59. The summed E-state index contributed by atoms with van der Waals surface area (Å²) in [6.07, 6.45) is 10.9. The second kappa shape index (κ2) is 2.55. The lowest BCUT2D eigenvalue weighted by Crippen LogP contribution is -2.63. The van der Waals surface area contributed by atoms with E-state index in [0.717, 1.165) is 29.2 Å². The van der Waals surface area contributed by atoms with E-state index in [4.69, 9.17) is 0 Å². The van der Waals surface area contributed by atoms with Crippen LogP contribution in [0.5, 0.6) is 0 Å². The van der Waals surface area contributed by atoms with Gasteiger partial charge in [-0.3, -0.25) is 0 Å². The van der Waals surface area contributed by atoms with Crippen LogP contribution in [0.3, 0.4) is 0 Å². The van der Waals surface area contributed by atoms with E-state index in [1.54, 1.807) is 38.5 Å². The summed E-state index contributed by atoms with van der Waals surface area (Å²) in [5, 5.41) is 3.85.